The van der Waals surface area contributed by atoms with E-state index in [0.717, 1.165) is 4.47 Å². The Morgan fingerprint density at radius 3 is 2.89 bits per heavy atom. The summed E-state index contributed by atoms with van der Waals surface area (Å²) < 4.78 is 6.00. The fraction of sp³-hybridized carbons (Fsp3) is 0.417. The predicted molar refractivity (Wildman–Crippen MR) is 74.0 cm³/mol. The molecular formula is C12H17BrN2O3. The maximum atomic E-state index is 11.7. The summed E-state index contributed by atoms with van der Waals surface area (Å²) in [6, 6.07) is 4.93. The predicted octanol–water partition coefficient (Wildman–Crippen LogP) is 2.35. The Kier molecular flexibility index (Phi) is 5.94. The first-order chi connectivity index (χ1) is 8.56. The van der Waals surface area contributed by atoms with Gasteiger partial charge in [-0.25, -0.2) is 4.79 Å². The zero-order valence-corrected chi connectivity index (χ0v) is 12.0. The number of aliphatic hydroxyl groups excluding tert-OH is 1. The number of benzene rings is 1. The molecular weight excluding hydrogens is 300 g/mol. The average molecular weight is 317 g/mol. The highest BCUT2D eigenvalue weighted by Gasteiger charge is 2.10. The summed E-state index contributed by atoms with van der Waals surface area (Å²) in [5, 5.41) is 14.2. The second-order valence-corrected chi connectivity index (χ2v) is 4.77. The first-order valence-corrected chi connectivity index (χ1v) is 6.38. The first-order valence-electron chi connectivity index (χ1n) is 5.58. The van der Waals surface area contributed by atoms with Crippen molar-refractivity contribution in [3.05, 3.63) is 22.7 Å². The van der Waals surface area contributed by atoms with Gasteiger partial charge in [-0.3, -0.25) is 0 Å². The van der Waals surface area contributed by atoms with Crippen LogP contribution in [0.2, 0.25) is 0 Å². The summed E-state index contributed by atoms with van der Waals surface area (Å²) in [6.45, 7) is 1.87. The Hall–Kier alpha value is -1.27. The average Bonchev–Trinajstić information content (AvgIpc) is 2.29. The minimum atomic E-state index is -0.327. The van der Waals surface area contributed by atoms with Crippen molar-refractivity contribution in [3.63, 3.8) is 0 Å². The van der Waals surface area contributed by atoms with E-state index in [1.54, 1.807) is 19.2 Å². The van der Waals surface area contributed by atoms with Crippen LogP contribution in [0.5, 0.6) is 5.75 Å². The van der Waals surface area contributed by atoms with Crippen LogP contribution in [0.15, 0.2) is 22.7 Å². The minimum Gasteiger partial charge on any atom is -0.495 e. The molecule has 0 spiro atoms. The fourth-order valence-corrected chi connectivity index (χ4v) is 1.79. The molecule has 0 heterocycles. The smallest absolute Gasteiger partial charge is 0.319 e. The normalized spacial score (nSPS) is 11.8. The summed E-state index contributed by atoms with van der Waals surface area (Å²) in [5.41, 5.74) is 0.584. The number of nitrogens with one attached hydrogen (secondary N) is 2. The highest BCUT2D eigenvalue weighted by atomic mass is 79.9. The van der Waals surface area contributed by atoms with E-state index in [2.05, 4.69) is 26.6 Å². The molecule has 1 aromatic carbocycles. The van der Waals surface area contributed by atoms with Crippen LogP contribution >= 0.6 is 15.9 Å². The van der Waals surface area contributed by atoms with E-state index in [9.17, 15) is 4.79 Å². The third kappa shape index (κ3) is 4.54. The maximum absolute atomic E-state index is 11.7. The zero-order chi connectivity index (χ0) is 13.5. The molecule has 0 aliphatic carbocycles. The molecule has 0 radical (unpaired) electrons. The van der Waals surface area contributed by atoms with Crippen LogP contribution in [0.3, 0.4) is 0 Å². The highest BCUT2D eigenvalue weighted by Crippen LogP contribution is 2.27. The molecule has 5 nitrogen and oxygen atoms in total. The minimum absolute atomic E-state index is 0.0433. The van der Waals surface area contributed by atoms with E-state index in [0.29, 0.717) is 17.9 Å². The molecule has 0 saturated carbocycles. The zero-order valence-electron chi connectivity index (χ0n) is 10.4. The lowest BCUT2D eigenvalue weighted by atomic mass is 10.2. The third-order valence-corrected chi connectivity index (χ3v) is 2.84. The number of urea groups is 1. The van der Waals surface area contributed by atoms with E-state index >= 15 is 0 Å². The van der Waals surface area contributed by atoms with Gasteiger partial charge in [-0.15, -0.1) is 0 Å². The number of carbonyl (C=O) groups excluding carboxylic acids is 1. The van der Waals surface area contributed by atoms with E-state index in [-0.39, 0.29) is 18.7 Å². The van der Waals surface area contributed by atoms with Crippen LogP contribution in [0.25, 0.3) is 0 Å². The van der Waals surface area contributed by atoms with Gasteiger partial charge < -0.3 is 20.5 Å². The van der Waals surface area contributed by atoms with Crippen molar-refractivity contribution >= 4 is 27.6 Å². The number of amides is 2. The topological polar surface area (TPSA) is 70.6 Å². The molecule has 1 aromatic rings. The lowest BCUT2D eigenvalue weighted by Gasteiger charge is -2.15. The summed E-state index contributed by atoms with van der Waals surface area (Å²) in [5.74, 6) is 0.586. The molecule has 18 heavy (non-hydrogen) atoms. The summed E-state index contributed by atoms with van der Waals surface area (Å²) in [7, 11) is 1.54. The van der Waals surface area contributed by atoms with Crippen molar-refractivity contribution in [2.45, 2.75) is 19.4 Å². The lowest BCUT2D eigenvalue weighted by Crippen LogP contribution is -2.36. The Morgan fingerprint density at radius 2 is 2.28 bits per heavy atom. The quantitative estimate of drug-likeness (QED) is 0.781. The monoisotopic (exact) mass is 316 g/mol. The number of ether oxygens (including phenoxy) is 1. The fourth-order valence-electron chi connectivity index (χ4n) is 1.43. The molecule has 3 N–H and O–H groups in total. The van der Waals surface area contributed by atoms with Crippen molar-refractivity contribution in [3.8, 4) is 5.75 Å². The Morgan fingerprint density at radius 1 is 1.56 bits per heavy atom. The van der Waals surface area contributed by atoms with Gasteiger partial charge in [0, 0.05) is 17.1 Å². The molecule has 0 saturated heterocycles. The van der Waals surface area contributed by atoms with Crippen LogP contribution in [0.1, 0.15) is 13.3 Å². The molecule has 1 atom stereocenters. The van der Waals surface area contributed by atoms with Crippen molar-refractivity contribution in [1.82, 2.24) is 5.32 Å². The van der Waals surface area contributed by atoms with Gasteiger partial charge in [-0.05, 0) is 31.5 Å². The van der Waals surface area contributed by atoms with Gasteiger partial charge in [0.25, 0.3) is 0 Å². The van der Waals surface area contributed by atoms with Crippen LogP contribution in [-0.4, -0.2) is 30.9 Å². The Balaban J connectivity index is 2.66. The number of hydrogen-bond acceptors (Lipinski definition) is 3. The van der Waals surface area contributed by atoms with Gasteiger partial charge in [0.15, 0.2) is 0 Å². The molecule has 0 unspecified atom stereocenters. The molecule has 1 rings (SSSR count). The molecule has 2 amide bonds. The molecule has 0 aliphatic heterocycles. The number of halogens is 1. The van der Waals surface area contributed by atoms with Crippen molar-refractivity contribution in [2.24, 2.45) is 0 Å². The van der Waals surface area contributed by atoms with E-state index in [4.69, 9.17) is 9.84 Å². The van der Waals surface area contributed by atoms with E-state index in [1.165, 1.54) is 0 Å². The van der Waals surface area contributed by atoms with Crippen molar-refractivity contribution in [2.75, 3.05) is 19.0 Å². The second kappa shape index (κ2) is 7.23. The number of aliphatic hydroxyl groups is 1. The van der Waals surface area contributed by atoms with Crippen LogP contribution < -0.4 is 15.4 Å². The summed E-state index contributed by atoms with van der Waals surface area (Å²) >= 11 is 3.33. The van der Waals surface area contributed by atoms with Gasteiger partial charge in [0.05, 0.1) is 12.8 Å². The largest absolute Gasteiger partial charge is 0.495 e. The maximum Gasteiger partial charge on any atom is 0.319 e. The number of methoxy groups -OCH3 is 1. The third-order valence-electron chi connectivity index (χ3n) is 2.35. The lowest BCUT2D eigenvalue weighted by molar-refractivity contribution is 0.241. The second-order valence-electron chi connectivity index (χ2n) is 3.86. The van der Waals surface area contributed by atoms with Gasteiger partial charge >= 0.3 is 6.03 Å². The highest BCUT2D eigenvalue weighted by molar-refractivity contribution is 9.10. The van der Waals surface area contributed by atoms with Gasteiger partial charge in [0.2, 0.25) is 0 Å². The van der Waals surface area contributed by atoms with Crippen LogP contribution in [0, 0.1) is 0 Å². The Bertz CT molecular complexity index is 412. The summed E-state index contributed by atoms with van der Waals surface area (Å²) in [6.07, 6.45) is 0.517. The van der Waals surface area contributed by atoms with Crippen molar-refractivity contribution in [1.29, 1.82) is 0 Å². The molecule has 6 heteroatoms. The molecule has 0 bridgehead atoms. The molecule has 0 aromatic heterocycles. The molecule has 100 valence electrons. The number of rotatable bonds is 5. The van der Waals surface area contributed by atoms with E-state index in [1.807, 2.05) is 13.0 Å². The molecule has 0 aliphatic rings. The number of anilines is 1. The van der Waals surface area contributed by atoms with Crippen LogP contribution in [-0.2, 0) is 0 Å². The molecule has 0 fully saturated rings. The number of carbonyl (C=O) groups is 1. The van der Waals surface area contributed by atoms with E-state index < -0.39 is 0 Å². The first kappa shape index (κ1) is 14.8. The number of hydrogen-bond donors (Lipinski definition) is 3. The van der Waals surface area contributed by atoms with Gasteiger partial charge in [-0.2, -0.15) is 0 Å². The van der Waals surface area contributed by atoms with Crippen LogP contribution in [0.4, 0.5) is 10.5 Å². The Labute approximate surface area is 115 Å². The van der Waals surface area contributed by atoms with Gasteiger partial charge in [0.1, 0.15) is 5.75 Å². The standard InChI is InChI=1S/C12H17BrN2O3/c1-8(5-6-16)14-12(17)15-10-7-9(13)3-4-11(10)18-2/h3-4,7-8,16H,5-6H2,1-2H3,(H2,14,15,17)/t8-/m1/s1. The van der Waals surface area contributed by atoms with Crippen molar-refractivity contribution < 1.29 is 14.6 Å². The summed E-state index contributed by atoms with van der Waals surface area (Å²) in [4.78, 5) is 11.7. The SMILES string of the molecule is COc1ccc(Br)cc1NC(=O)N[C@H](C)CCO. The van der Waals surface area contributed by atoms with Gasteiger partial charge in [-0.1, -0.05) is 15.9 Å².